The molecule has 0 radical (unpaired) electrons. The molecule has 0 atom stereocenters. The number of ether oxygens (including phenoxy) is 1. The van der Waals surface area contributed by atoms with E-state index >= 15 is 0 Å². The van der Waals surface area contributed by atoms with Crippen LogP contribution in [0.3, 0.4) is 0 Å². The maximum atomic E-state index is 12.3. The van der Waals surface area contributed by atoms with Crippen LogP contribution in [-0.2, 0) is 4.79 Å². The molecule has 30 heavy (non-hydrogen) atoms. The molecule has 0 saturated heterocycles. The van der Waals surface area contributed by atoms with Gasteiger partial charge in [-0.25, -0.2) is 0 Å². The Morgan fingerprint density at radius 3 is 2.53 bits per heavy atom. The molecule has 0 bridgehead atoms. The van der Waals surface area contributed by atoms with Gasteiger partial charge in [-0.3, -0.25) is 14.3 Å². The van der Waals surface area contributed by atoms with Crippen molar-refractivity contribution in [3.63, 3.8) is 0 Å². The molecule has 0 fully saturated rings. The van der Waals surface area contributed by atoms with Gasteiger partial charge in [-0.15, -0.1) is 10.2 Å². The number of benzene rings is 2. The molecular weight excluding hydrogens is 398 g/mol. The molecule has 8 heteroatoms. The summed E-state index contributed by atoms with van der Waals surface area (Å²) in [6.07, 6.45) is 3.27. The van der Waals surface area contributed by atoms with Crippen molar-refractivity contribution < 1.29 is 9.53 Å². The summed E-state index contributed by atoms with van der Waals surface area (Å²) in [5, 5.41) is 12.2. The topological polar surface area (TPSA) is 81.9 Å². The number of pyridine rings is 1. The third kappa shape index (κ3) is 4.49. The molecule has 1 amide bonds. The van der Waals surface area contributed by atoms with Gasteiger partial charge in [0.2, 0.25) is 5.91 Å². The van der Waals surface area contributed by atoms with Gasteiger partial charge in [-0.1, -0.05) is 30.0 Å². The Hall–Kier alpha value is -3.65. The molecule has 150 valence electrons. The lowest BCUT2D eigenvalue weighted by molar-refractivity contribution is -0.113. The van der Waals surface area contributed by atoms with Crippen molar-refractivity contribution in [1.82, 2.24) is 19.7 Å². The van der Waals surface area contributed by atoms with E-state index in [9.17, 15) is 4.79 Å². The smallest absolute Gasteiger partial charge is 0.234 e. The minimum atomic E-state index is -0.137. The number of amides is 1. The summed E-state index contributed by atoms with van der Waals surface area (Å²) in [6, 6.07) is 21.0. The largest absolute Gasteiger partial charge is 0.497 e. The van der Waals surface area contributed by atoms with E-state index in [1.165, 1.54) is 11.8 Å². The number of thioether (sulfide) groups is 1. The quantitative estimate of drug-likeness (QED) is 0.457. The predicted octanol–water partition coefficient (Wildman–Crippen LogP) is 4.07. The lowest BCUT2D eigenvalue weighted by atomic mass is 10.2. The molecule has 0 unspecified atom stereocenters. The fourth-order valence-corrected chi connectivity index (χ4v) is 3.62. The molecule has 2 aromatic carbocycles. The van der Waals surface area contributed by atoms with Gasteiger partial charge in [0.15, 0.2) is 11.0 Å². The highest BCUT2D eigenvalue weighted by molar-refractivity contribution is 7.99. The number of methoxy groups -OCH3 is 1. The zero-order valence-electron chi connectivity index (χ0n) is 16.2. The average Bonchev–Trinajstić information content (AvgIpc) is 3.23. The zero-order valence-corrected chi connectivity index (χ0v) is 17.0. The molecule has 0 spiro atoms. The first kappa shape index (κ1) is 19.7. The Morgan fingerprint density at radius 1 is 1.03 bits per heavy atom. The van der Waals surface area contributed by atoms with E-state index in [1.807, 2.05) is 59.2 Å². The number of para-hydroxylation sites is 1. The number of aromatic nitrogens is 4. The molecule has 2 heterocycles. The van der Waals surface area contributed by atoms with Gasteiger partial charge >= 0.3 is 0 Å². The Morgan fingerprint density at radius 2 is 1.83 bits per heavy atom. The lowest BCUT2D eigenvalue weighted by Crippen LogP contribution is -2.14. The Bertz CT molecular complexity index is 1120. The molecule has 4 aromatic rings. The van der Waals surface area contributed by atoms with Crippen molar-refractivity contribution in [3.05, 3.63) is 79.1 Å². The summed E-state index contributed by atoms with van der Waals surface area (Å²) in [4.78, 5) is 16.4. The highest BCUT2D eigenvalue weighted by Crippen LogP contribution is 2.29. The maximum Gasteiger partial charge on any atom is 0.234 e. The van der Waals surface area contributed by atoms with Crippen molar-refractivity contribution in [2.24, 2.45) is 0 Å². The van der Waals surface area contributed by atoms with Crippen molar-refractivity contribution in [3.8, 4) is 22.8 Å². The van der Waals surface area contributed by atoms with E-state index in [0.717, 1.165) is 17.0 Å². The minimum Gasteiger partial charge on any atom is -0.497 e. The first-order valence-corrected chi connectivity index (χ1v) is 10.2. The van der Waals surface area contributed by atoms with Crippen LogP contribution in [0.4, 0.5) is 5.69 Å². The van der Waals surface area contributed by atoms with Crippen LogP contribution in [0.15, 0.2) is 84.3 Å². The number of carbonyl (C=O) groups excluding carboxylic acids is 1. The van der Waals surface area contributed by atoms with Crippen LogP contribution in [0.2, 0.25) is 0 Å². The maximum absolute atomic E-state index is 12.3. The van der Waals surface area contributed by atoms with Crippen LogP contribution in [0, 0.1) is 0 Å². The van der Waals surface area contributed by atoms with Gasteiger partial charge in [0.25, 0.3) is 0 Å². The van der Waals surface area contributed by atoms with Crippen molar-refractivity contribution in [1.29, 1.82) is 0 Å². The molecule has 7 nitrogen and oxygen atoms in total. The van der Waals surface area contributed by atoms with Gasteiger partial charge in [0, 0.05) is 17.4 Å². The van der Waals surface area contributed by atoms with Gasteiger partial charge in [-0.2, -0.15) is 0 Å². The van der Waals surface area contributed by atoms with E-state index in [0.29, 0.717) is 16.7 Å². The highest BCUT2D eigenvalue weighted by atomic mass is 32.2. The van der Waals surface area contributed by atoms with Gasteiger partial charge in [0.1, 0.15) is 5.75 Å². The van der Waals surface area contributed by atoms with Gasteiger partial charge in [-0.05, 0) is 48.5 Å². The van der Waals surface area contributed by atoms with E-state index in [1.54, 1.807) is 31.6 Å². The van der Waals surface area contributed by atoms with Gasteiger partial charge < -0.3 is 10.1 Å². The Balaban J connectivity index is 1.59. The molecule has 1 N–H and O–H groups in total. The monoisotopic (exact) mass is 417 g/mol. The van der Waals surface area contributed by atoms with E-state index < -0.39 is 0 Å². The second-order valence-corrected chi connectivity index (χ2v) is 7.23. The number of rotatable bonds is 7. The number of hydrogen-bond donors (Lipinski definition) is 1. The highest BCUT2D eigenvalue weighted by Gasteiger charge is 2.17. The van der Waals surface area contributed by atoms with Crippen LogP contribution in [-0.4, -0.2) is 38.5 Å². The molecule has 0 aliphatic carbocycles. The van der Waals surface area contributed by atoms with Crippen LogP contribution >= 0.6 is 11.8 Å². The van der Waals surface area contributed by atoms with E-state index in [-0.39, 0.29) is 11.7 Å². The average molecular weight is 417 g/mol. The second kappa shape index (κ2) is 9.23. The summed E-state index contributed by atoms with van der Waals surface area (Å²) in [7, 11) is 1.63. The molecule has 2 aromatic heterocycles. The minimum absolute atomic E-state index is 0.137. The number of carbonyl (C=O) groups is 1. The number of nitrogens with one attached hydrogen (secondary N) is 1. The Kier molecular flexibility index (Phi) is 6.05. The number of hydrogen-bond acceptors (Lipinski definition) is 6. The summed E-state index contributed by atoms with van der Waals surface area (Å²) >= 11 is 1.32. The normalized spacial score (nSPS) is 10.6. The van der Waals surface area contributed by atoms with Crippen molar-refractivity contribution >= 4 is 23.4 Å². The second-order valence-electron chi connectivity index (χ2n) is 6.28. The summed E-state index contributed by atoms with van der Waals surface area (Å²) in [5.74, 6) is 1.52. The first-order chi connectivity index (χ1) is 14.7. The summed E-state index contributed by atoms with van der Waals surface area (Å²) in [5.41, 5.74) is 2.48. The van der Waals surface area contributed by atoms with Crippen LogP contribution in [0.5, 0.6) is 5.75 Å². The van der Waals surface area contributed by atoms with Crippen LogP contribution in [0.25, 0.3) is 17.1 Å². The first-order valence-electron chi connectivity index (χ1n) is 9.22. The standard InChI is InChI=1S/C22H19N5O2S/c1-29-19-11-9-16(10-12-19)21-25-26-22(27(21)18-7-3-2-4-8-18)30-15-20(28)24-17-6-5-13-23-14-17/h2-14H,15H2,1H3,(H,24,28). The van der Waals surface area contributed by atoms with Crippen LogP contribution < -0.4 is 10.1 Å². The molecule has 0 aliphatic rings. The summed E-state index contributed by atoms with van der Waals surface area (Å²) in [6.45, 7) is 0. The molecule has 0 saturated carbocycles. The van der Waals surface area contributed by atoms with Crippen LogP contribution in [0.1, 0.15) is 0 Å². The fourth-order valence-electron chi connectivity index (χ4n) is 2.86. The summed E-state index contributed by atoms with van der Waals surface area (Å²) < 4.78 is 7.19. The zero-order chi connectivity index (χ0) is 20.8. The lowest BCUT2D eigenvalue weighted by Gasteiger charge is -2.11. The van der Waals surface area contributed by atoms with Gasteiger partial charge in [0.05, 0.1) is 24.7 Å². The fraction of sp³-hybridized carbons (Fsp3) is 0.0909. The number of nitrogens with zero attached hydrogens (tertiary/aromatic N) is 4. The molecule has 4 rings (SSSR count). The van der Waals surface area contributed by atoms with Crippen molar-refractivity contribution in [2.45, 2.75) is 5.16 Å². The third-order valence-corrected chi connectivity index (χ3v) is 5.20. The number of anilines is 1. The molecular formula is C22H19N5O2S. The van der Waals surface area contributed by atoms with Crippen molar-refractivity contribution in [2.75, 3.05) is 18.2 Å². The Labute approximate surface area is 178 Å². The third-order valence-electron chi connectivity index (χ3n) is 4.27. The van der Waals surface area contributed by atoms with E-state index in [2.05, 4.69) is 20.5 Å². The SMILES string of the molecule is COc1ccc(-c2nnc(SCC(=O)Nc3cccnc3)n2-c2ccccc2)cc1. The van der Waals surface area contributed by atoms with E-state index in [4.69, 9.17) is 4.74 Å². The predicted molar refractivity (Wildman–Crippen MR) is 117 cm³/mol. The molecule has 0 aliphatic heterocycles.